The molecule has 2 aliphatic rings. The smallest absolute Gasteiger partial charge is 0.252 e. The van der Waals surface area contributed by atoms with Gasteiger partial charge in [0.25, 0.3) is 5.91 Å². The SMILES string of the molecule is O=C1NC2CCCC=C2c2ccccc21. The van der Waals surface area contributed by atoms with E-state index in [1.54, 1.807) is 0 Å². The molecule has 0 aromatic heterocycles. The molecular weight excluding hydrogens is 186 g/mol. The molecule has 2 heteroatoms. The molecule has 1 atom stereocenters. The van der Waals surface area contributed by atoms with Crippen LogP contribution in [0.25, 0.3) is 5.57 Å². The first-order valence-electron chi connectivity index (χ1n) is 5.46. The van der Waals surface area contributed by atoms with Gasteiger partial charge in [-0.05, 0) is 36.5 Å². The number of hydrogen-bond acceptors (Lipinski definition) is 1. The molecule has 0 bridgehead atoms. The third-order valence-corrected chi connectivity index (χ3v) is 3.22. The van der Waals surface area contributed by atoms with Crippen LogP contribution in [0.3, 0.4) is 0 Å². The molecule has 1 aliphatic heterocycles. The fraction of sp³-hybridized carbons (Fsp3) is 0.308. The van der Waals surface area contributed by atoms with Crippen molar-refractivity contribution < 1.29 is 4.79 Å². The van der Waals surface area contributed by atoms with Gasteiger partial charge in [0.1, 0.15) is 0 Å². The first-order valence-corrected chi connectivity index (χ1v) is 5.46. The molecule has 1 aromatic carbocycles. The van der Waals surface area contributed by atoms with E-state index in [1.807, 2.05) is 18.2 Å². The lowest BCUT2D eigenvalue weighted by Crippen LogP contribution is -2.41. The molecule has 1 amide bonds. The van der Waals surface area contributed by atoms with E-state index in [4.69, 9.17) is 0 Å². The number of fused-ring (bicyclic) bond motifs is 3. The molecule has 1 N–H and O–H groups in total. The second-order valence-electron chi connectivity index (χ2n) is 4.16. The molecule has 3 rings (SSSR count). The van der Waals surface area contributed by atoms with Crippen molar-refractivity contribution in [1.29, 1.82) is 0 Å². The van der Waals surface area contributed by atoms with Gasteiger partial charge in [0, 0.05) is 5.56 Å². The van der Waals surface area contributed by atoms with Crippen molar-refractivity contribution in [2.24, 2.45) is 0 Å². The van der Waals surface area contributed by atoms with Crippen molar-refractivity contribution in [3.05, 3.63) is 41.5 Å². The summed E-state index contributed by atoms with van der Waals surface area (Å²) in [5.41, 5.74) is 3.27. The average molecular weight is 199 g/mol. The molecule has 2 nitrogen and oxygen atoms in total. The summed E-state index contributed by atoms with van der Waals surface area (Å²) in [4.78, 5) is 11.8. The molecule has 0 spiro atoms. The Hall–Kier alpha value is -1.57. The van der Waals surface area contributed by atoms with Gasteiger partial charge >= 0.3 is 0 Å². The Balaban J connectivity index is 2.18. The predicted molar refractivity (Wildman–Crippen MR) is 59.5 cm³/mol. The van der Waals surface area contributed by atoms with Crippen LogP contribution in [0.1, 0.15) is 35.2 Å². The van der Waals surface area contributed by atoms with Crippen molar-refractivity contribution in [3.63, 3.8) is 0 Å². The number of nitrogens with one attached hydrogen (secondary N) is 1. The molecule has 1 aromatic rings. The molecule has 1 aliphatic carbocycles. The standard InChI is InChI=1S/C13H13NO/c15-13-11-7-2-1-5-9(11)10-6-3-4-8-12(10)14-13/h1-2,5-7,12H,3-4,8H2,(H,14,15). The van der Waals surface area contributed by atoms with Gasteiger partial charge in [-0.1, -0.05) is 24.3 Å². The molecule has 1 heterocycles. The van der Waals surface area contributed by atoms with Crippen LogP contribution in [0.5, 0.6) is 0 Å². The van der Waals surface area contributed by atoms with Crippen molar-refractivity contribution in [3.8, 4) is 0 Å². The maximum atomic E-state index is 11.8. The zero-order valence-corrected chi connectivity index (χ0v) is 8.49. The molecular formula is C13H13NO. The van der Waals surface area contributed by atoms with Crippen molar-refractivity contribution in [2.75, 3.05) is 0 Å². The van der Waals surface area contributed by atoms with Gasteiger partial charge < -0.3 is 5.32 Å². The highest BCUT2D eigenvalue weighted by molar-refractivity contribution is 6.03. The monoisotopic (exact) mass is 199 g/mol. The van der Waals surface area contributed by atoms with E-state index in [-0.39, 0.29) is 11.9 Å². The predicted octanol–water partition coefficient (Wildman–Crippen LogP) is 2.37. The summed E-state index contributed by atoms with van der Waals surface area (Å²) in [6.07, 6.45) is 5.66. The third kappa shape index (κ3) is 1.29. The lowest BCUT2D eigenvalue weighted by molar-refractivity contribution is 0.0938. The van der Waals surface area contributed by atoms with Crippen LogP contribution in [-0.4, -0.2) is 11.9 Å². The number of hydrogen-bond donors (Lipinski definition) is 1. The Bertz CT molecular complexity index is 448. The van der Waals surface area contributed by atoms with Gasteiger partial charge in [-0.2, -0.15) is 0 Å². The highest BCUT2D eigenvalue weighted by Gasteiger charge is 2.29. The van der Waals surface area contributed by atoms with Crippen LogP contribution < -0.4 is 5.32 Å². The number of carbonyl (C=O) groups excluding carboxylic acids is 1. The highest BCUT2D eigenvalue weighted by atomic mass is 16.1. The number of rotatable bonds is 0. The van der Waals surface area contributed by atoms with Crippen LogP contribution in [0.2, 0.25) is 0 Å². The summed E-state index contributed by atoms with van der Waals surface area (Å²) in [5.74, 6) is 0.0784. The van der Waals surface area contributed by atoms with E-state index in [0.29, 0.717) is 0 Å². The maximum Gasteiger partial charge on any atom is 0.252 e. The van der Waals surface area contributed by atoms with Crippen molar-refractivity contribution in [1.82, 2.24) is 5.32 Å². The summed E-state index contributed by atoms with van der Waals surface area (Å²) < 4.78 is 0. The third-order valence-electron chi connectivity index (χ3n) is 3.22. The van der Waals surface area contributed by atoms with Crippen LogP contribution in [0, 0.1) is 0 Å². The Labute approximate surface area is 89.0 Å². The molecule has 76 valence electrons. The summed E-state index contributed by atoms with van der Waals surface area (Å²) in [7, 11) is 0. The zero-order chi connectivity index (χ0) is 10.3. The lowest BCUT2D eigenvalue weighted by atomic mass is 9.83. The van der Waals surface area contributed by atoms with Gasteiger partial charge in [-0.3, -0.25) is 4.79 Å². The second-order valence-corrected chi connectivity index (χ2v) is 4.16. The van der Waals surface area contributed by atoms with E-state index in [9.17, 15) is 4.79 Å². The maximum absolute atomic E-state index is 11.8. The van der Waals surface area contributed by atoms with E-state index in [0.717, 1.165) is 24.0 Å². The van der Waals surface area contributed by atoms with Gasteiger partial charge in [-0.15, -0.1) is 0 Å². The van der Waals surface area contributed by atoms with Crippen molar-refractivity contribution >= 4 is 11.5 Å². The quantitative estimate of drug-likeness (QED) is 0.682. The number of benzene rings is 1. The topological polar surface area (TPSA) is 29.1 Å². The zero-order valence-electron chi connectivity index (χ0n) is 8.49. The van der Waals surface area contributed by atoms with E-state index < -0.39 is 0 Å². The lowest BCUT2D eigenvalue weighted by Gasteiger charge is -2.31. The Morgan fingerprint density at radius 2 is 2.00 bits per heavy atom. The fourth-order valence-corrected chi connectivity index (χ4v) is 2.49. The molecule has 0 fully saturated rings. The van der Waals surface area contributed by atoms with E-state index in [2.05, 4.69) is 17.5 Å². The Morgan fingerprint density at radius 1 is 1.20 bits per heavy atom. The van der Waals surface area contributed by atoms with Crippen LogP contribution >= 0.6 is 0 Å². The summed E-state index contributed by atoms with van der Waals surface area (Å²) in [6, 6.07) is 8.13. The minimum absolute atomic E-state index is 0.0784. The minimum atomic E-state index is 0.0784. The van der Waals surface area contributed by atoms with Gasteiger partial charge in [0.15, 0.2) is 0 Å². The summed E-state index contributed by atoms with van der Waals surface area (Å²) >= 11 is 0. The summed E-state index contributed by atoms with van der Waals surface area (Å²) in [6.45, 7) is 0. The second kappa shape index (κ2) is 3.23. The summed E-state index contributed by atoms with van der Waals surface area (Å²) in [5, 5.41) is 3.07. The molecule has 1 unspecified atom stereocenters. The van der Waals surface area contributed by atoms with Crippen LogP contribution in [-0.2, 0) is 0 Å². The Kier molecular flexibility index (Phi) is 1.88. The molecule has 0 saturated heterocycles. The number of amides is 1. The first kappa shape index (κ1) is 8.72. The van der Waals surface area contributed by atoms with Crippen LogP contribution in [0.4, 0.5) is 0 Å². The van der Waals surface area contributed by atoms with Crippen molar-refractivity contribution in [2.45, 2.75) is 25.3 Å². The number of carbonyl (C=O) groups is 1. The van der Waals surface area contributed by atoms with E-state index in [1.165, 1.54) is 12.0 Å². The highest BCUT2D eigenvalue weighted by Crippen LogP contribution is 2.32. The van der Waals surface area contributed by atoms with Gasteiger partial charge in [0.05, 0.1) is 6.04 Å². The molecule has 0 saturated carbocycles. The molecule has 15 heavy (non-hydrogen) atoms. The Morgan fingerprint density at radius 3 is 2.87 bits per heavy atom. The minimum Gasteiger partial charge on any atom is -0.345 e. The normalized spacial score (nSPS) is 23.6. The largest absolute Gasteiger partial charge is 0.345 e. The van der Waals surface area contributed by atoms with Crippen LogP contribution in [0.15, 0.2) is 30.3 Å². The van der Waals surface area contributed by atoms with Gasteiger partial charge in [-0.25, -0.2) is 0 Å². The van der Waals surface area contributed by atoms with Gasteiger partial charge in [0.2, 0.25) is 0 Å². The average Bonchev–Trinajstić information content (AvgIpc) is 2.30. The first-order chi connectivity index (χ1) is 7.36. The fourth-order valence-electron chi connectivity index (χ4n) is 2.49. The number of allylic oxidation sites excluding steroid dienone is 1. The molecule has 0 radical (unpaired) electrons. The van der Waals surface area contributed by atoms with E-state index >= 15 is 0 Å².